The highest BCUT2D eigenvalue weighted by Gasteiger charge is 2.28. The predicted octanol–water partition coefficient (Wildman–Crippen LogP) is 2.30. The van der Waals surface area contributed by atoms with Gasteiger partial charge in [-0.3, -0.25) is 9.98 Å². The molecular weight excluding hydrogens is 423 g/mol. The van der Waals surface area contributed by atoms with E-state index in [1.54, 1.807) is 18.6 Å². The van der Waals surface area contributed by atoms with Crippen LogP contribution in [0.4, 0.5) is 5.82 Å². The molecule has 1 saturated heterocycles. The van der Waals surface area contributed by atoms with Gasteiger partial charge in [0.2, 0.25) is 0 Å². The van der Waals surface area contributed by atoms with E-state index in [0.29, 0.717) is 6.54 Å². The number of aliphatic imine (C=N–C) groups is 1. The van der Waals surface area contributed by atoms with Crippen LogP contribution in [0.2, 0.25) is 0 Å². The number of rotatable bonds is 5. The molecule has 1 aliphatic rings. The van der Waals surface area contributed by atoms with Gasteiger partial charge in [0.05, 0.1) is 12.7 Å². The van der Waals surface area contributed by atoms with Gasteiger partial charge in [0.15, 0.2) is 5.96 Å². The summed E-state index contributed by atoms with van der Waals surface area (Å²) >= 11 is 2.03. The molecule has 0 unspecified atom stereocenters. The third kappa shape index (κ3) is 7.11. The maximum atomic E-state index is 4.73. The fourth-order valence-electron chi connectivity index (χ4n) is 2.36. The molecule has 8 heteroatoms. The average Bonchev–Trinajstić information content (AvgIpc) is 2.50. The second-order valence-electron chi connectivity index (χ2n) is 5.78. The van der Waals surface area contributed by atoms with Gasteiger partial charge < -0.3 is 15.5 Å². The molecule has 1 aliphatic heterocycles. The molecule has 2 N–H and O–H groups in total. The fourth-order valence-corrected chi connectivity index (χ4v) is 3.47. The highest BCUT2D eigenvalue weighted by molar-refractivity contribution is 14.0. The lowest BCUT2D eigenvalue weighted by Crippen LogP contribution is -2.51. The zero-order valence-corrected chi connectivity index (χ0v) is 17.2. The molecule has 0 radical (unpaired) electrons. The van der Waals surface area contributed by atoms with E-state index < -0.39 is 0 Å². The van der Waals surface area contributed by atoms with E-state index in [2.05, 4.69) is 46.3 Å². The van der Waals surface area contributed by atoms with Crippen LogP contribution in [0.3, 0.4) is 0 Å². The van der Waals surface area contributed by atoms with Crippen molar-refractivity contribution in [2.24, 2.45) is 4.99 Å². The van der Waals surface area contributed by atoms with E-state index in [4.69, 9.17) is 4.99 Å². The number of halogens is 1. The van der Waals surface area contributed by atoms with Crippen LogP contribution in [0.15, 0.2) is 23.6 Å². The molecule has 0 bridgehead atoms. The molecule has 2 rings (SSSR count). The van der Waals surface area contributed by atoms with E-state index in [1.165, 1.54) is 0 Å². The molecule has 2 heterocycles. The van der Waals surface area contributed by atoms with Gasteiger partial charge in [-0.1, -0.05) is 0 Å². The Bertz CT molecular complexity index is 482. The molecule has 0 saturated carbocycles. The third-order valence-corrected chi connectivity index (χ3v) is 4.60. The average molecular weight is 450 g/mol. The summed E-state index contributed by atoms with van der Waals surface area (Å²) in [4.78, 5) is 15.3. The lowest BCUT2D eigenvalue weighted by atomic mass is 10.2. The van der Waals surface area contributed by atoms with Crippen molar-refractivity contribution in [2.75, 3.05) is 43.8 Å². The third-order valence-electron chi connectivity index (χ3n) is 3.30. The molecule has 1 aromatic rings. The first-order valence-corrected chi connectivity index (χ1v) is 8.76. The summed E-state index contributed by atoms with van der Waals surface area (Å²) in [6, 6.07) is 0. The normalized spacial score (nSPS) is 17.3. The highest BCUT2D eigenvalue weighted by Crippen LogP contribution is 2.29. The first kappa shape index (κ1) is 20.3. The number of hydrogen-bond donors (Lipinski definition) is 2. The van der Waals surface area contributed by atoms with Crippen LogP contribution in [0.25, 0.3) is 0 Å². The number of guanidine groups is 1. The predicted molar refractivity (Wildman–Crippen MR) is 110 cm³/mol. The summed E-state index contributed by atoms with van der Waals surface area (Å²) in [6.45, 7) is 11.1. The Balaban J connectivity index is 0.00000264. The van der Waals surface area contributed by atoms with Crippen molar-refractivity contribution in [1.82, 2.24) is 20.2 Å². The molecule has 0 aliphatic carbocycles. The van der Waals surface area contributed by atoms with E-state index in [9.17, 15) is 0 Å². The Morgan fingerprint density at radius 2 is 2.26 bits per heavy atom. The smallest absolute Gasteiger partial charge is 0.194 e. The highest BCUT2D eigenvalue weighted by atomic mass is 127. The molecule has 23 heavy (non-hydrogen) atoms. The molecule has 0 amide bonds. The van der Waals surface area contributed by atoms with Crippen LogP contribution >= 0.6 is 35.7 Å². The van der Waals surface area contributed by atoms with Crippen LogP contribution in [-0.4, -0.2) is 64.1 Å². The molecule has 1 fully saturated rings. The molecule has 0 atom stereocenters. The SMILES string of the molecule is CCNC(=NCCNc1cnccn1)N1CCSC(C)(C)C1.I. The molecule has 130 valence electrons. The first-order valence-electron chi connectivity index (χ1n) is 7.78. The maximum Gasteiger partial charge on any atom is 0.194 e. The number of nitrogens with zero attached hydrogens (tertiary/aromatic N) is 4. The lowest BCUT2D eigenvalue weighted by molar-refractivity contribution is 0.376. The quantitative estimate of drug-likeness (QED) is 0.311. The zero-order chi connectivity index (χ0) is 15.8. The lowest BCUT2D eigenvalue weighted by Gasteiger charge is -2.39. The summed E-state index contributed by atoms with van der Waals surface area (Å²) < 4.78 is 0.284. The van der Waals surface area contributed by atoms with E-state index in [0.717, 1.165) is 43.7 Å². The second-order valence-corrected chi connectivity index (χ2v) is 7.58. The molecule has 6 nitrogen and oxygen atoms in total. The Kier molecular flexibility index (Phi) is 8.96. The summed E-state index contributed by atoms with van der Waals surface area (Å²) in [6.07, 6.45) is 5.07. The van der Waals surface area contributed by atoms with Crippen LogP contribution in [0.1, 0.15) is 20.8 Å². The van der Waals surface area contributed by atoms with Crippen LogP contribution < -0.4 is 10.6 Å². The van der Waals surface area contributed by atoms with Crippen molar-refractivity contribution in [3.8, 4) is 0 Å². The number of anilines is 1. The van der Waals surface area contributed by atoms with Gasteiger partial charge in [-0.25, -0.2) is 4.98 Å². The summed E-state index contributed by atoms with van der Waals surface area (Å²) in [5.74, 6) is 2.95. The minimum atomic E-state index is 0. The second kappa shape index (κ2) is 10.2. The van der Waals surface area contributed by atoms with E-state index in [1.807, 2.05) is 11.8 Å². The topological polar surface area (TPSA) is 65.4 Å². The number of aromatic nitrogens is 2. The fraction of sp³-hybridized carbons (Fsp3) is 0.667. The van der Waals surface area contributed by atoms with Gasteiger partial charge in [-0.15, -0.1) is 24.0 Å². The van der Waals surface area contributed by atoms with Crippen molar-refractivity contribution in [1.29, 1.82) is 0 Å². The minimum absolute atomic E-state index is 0. The van der Waals surface area contributed by atoms with Gasteiger partial charge in [-0.2, -0.15) is 11.8 Å². The van der Waals surface area contributed by atoms with Crippen LogP contribution in [0, 0.1) is 0 Å². The van der Waals surface area contributed by atoms with Gasteiger partial charge in [0, 0.05) is 49.1 Å². The Hall–Kier alpha value is -0.770. The Labute approximate surface area is 160 Å². The van der Waals surface area contributed by atoms with E-state index >= 15 is 0 Å². The molecular formula is C15H27IN6S. The largest absolute Gasteiger partial charge is 0.367 e. The molecule has 0 spiro atoms. The summed E-state index contributed by atoms with van der Waals surface area (Å²) in [5.41, 5.74) is 0. The number of hydrogen-bond acceptors (Lipinski definition) is 5. The van der Waals surface area contributed by atoms with Crippen LogP contribution in [0.5, 0.6) is 0 Å². The standard InChI is InChI=1S/C15H26N6S.HI/c1-4-17-14(21-9-10-22-15(2,3)12-21)20-8-7-19-13-11-16-5-6-18-13;/h5-6,11H,4,7-10,12H2,1-3H3,(H,17,20)(H,18,19);1H. The van der Waals surface area contributed by atoms with Crippen molar-refractivity contribution in [3.05, 3.63) is 18.6 Å². The molecule has 0 aromatic carbocycles. The maximum absolute atomic E-state index is 4.73. The van der Waals surface area contributed by atoms with Crippen molar-refractivity contribution >= 4 is 47.5 Å². The van der Waals surface area contributed by atoms with Gasteiger partial charge in [0.1, 0.15) is 5.82 Å². The Morgan fingerprint density at radius 3 is 2.91 bits per heavy atom. The van der Waals surface area contributed by atoms with Crippen molar-refractivity contribution in [2.45, 2.75) is 25.5 Å². The van der Waals surface area contributed by atoms with Crippen molar-refractivity contribution in [3.63, 3.8) is 0 Å². The number of thioether (sulfide) groups is 1. The Morgan fingerprint density at radius 1 is 1.43 bits per heavy atom. The molecule has 1 aromatic heterocycles. The van der Waals surface area contributed by atoms with Crippen molar-refractivity contribution < 1.29 is 0 Å². The van der Waals surface area contributed by atoms with Gasteiger partial charge in [-0.05, 0) is 20.8 Å². The monoisotopic (exact) mass is 450 g/mol. The van der Waals surface area contributed by atoms with Crippen LogP contribution in [-0.2, 0) is 0 Å². The summed E-state index contributed by atoms with van der Waals surface area (Å²) in [5, 5.41) is 6.63. The minimum Gasteiger partial charge on any atom is -0.367 e. The number of nitrogens with one attached hydrogen (secondary N) is 2. The first-order chi connectivity index (χ1) is 10.6. The van der Waals surface area contributed by atoms with Gasteiger partial charge >= 0.3 is 0 Å². The van der Waals surface area contributed by atoms with E-state index in [-0.39, 0.29) is 28.7 Å². The zero-order valence-electron chi connectivity index (χ0n) is 14.1. The summed E-state index contributed by atoms with van der Waals surface area (Å²) in [7, 11) is 0. The van der Waals surface area contributed by atoms with Gasteiger partial charge in [0.25, 0.3) is 0 Å².